The summed E-state index contributed by atoms with van der Waals surface area (Å²) in [6.45, 7) is 3.05. The number of benzene rings is 2. The van der Waals surface area contributed by atoms with Crippen molar-refractivity contribution in [3.05, 3.63) is 59.7 Å². The van der Waals surface area contributed by atoms with Crippen LogP contribution in [0.2, 0.25) is 0 Å². The highest BCUT2D eigenvalue weighted by atomic mass is 16.5. The first-order chi connectivity index (χ1) is 12.2. The minimum atomic E-state index is -0.378. The molecule has 2 aromatic rings. The first kappa shape index (κ1) is 18.8. The number of carbonyl (C=O) groups excluding carboxylic acids is 1. The lowest BCUT2D eigenvalue weighted by Gasteiger charge is -2.11. The first-order valence-electron chi connectivity index (χ1n) is 8.94. The maximum Gasteiger partial charge on any atom is 0.338 e. The summed E-state index contributed by atoms with van der Waals surface area (Å²) in [7, 11) is 0. The number of carbonyl (C=O) groups is 1. The number of unbranched alkanes of at least 4 members (excludes halogenated alkanes) is 4. The van der Waals surface area contributed by atoms with Gasteiger partial charge in [0, 0.05) is 0 Å². The van der Waals surface area contributed by atoms with E-state index in [4.69, 9.17) is 15.2 Å². The Balaban J connectivity index is 1.85. The van der Waals surface area contributed by atoms with Crippen LogP contribution in [0.1, 0.15) is 54.9 Å². The number of hydrogen-bond acceptors (Lipinski definition) is 4. The van der Waals surface area contributed by atoms with Gasteiger partial charge in [-0.3, -0.25) is 0 Å². The average molecular weight is 341 g/mol. The van der Waals surface area contributed by atoms with Gasteiger partial charge in [0.25, 0.3) is 0 Å². The van der Waals surface area contributed by atoms with E-state index in [-0.39, 0.29) is 12.6 Å². The number of ether oxygens (including phenoxy) is 2. The van der Waals surface area contributed by atoms with Crippen LogP contribution in [0.25, 0.3) is 0 Å². The molecule has 2 N–H and O–H groups in total. The Morgan fingerprint density at radius 2 is 1.76 bits per heavy atom. The van der Waals surface area contributed by atoms with Crippen molar-refractivity contribution in [2.45, 2.75) is 45.6 Å². The fourth-order valence-corrected chi connectivity index (χ4v) is 2.48. The Morgan fingerprint density at radius 3 is 2.52 bits per heavy atom. The summed E-state index contributed by atoms with van der Waals surface area (Å²) in [6, 6.07) is 14.6. The van der Waals surface area contributed by atoms with Crippen LogP contribution in [0.3, 0.4) is 0 Å². The number of esters is 1. The van der Waals surface area contributed by atoms with Gasteiger partial charge in [-0.25, -0.2) is 4.79 Å². The first-order valence-corrected chi connectivity index (χ1v) is 8.94. The molecule has 0 saturated heterocycles. The van der Waals surface area contributed by atoms with E-state index in [0.29, 0.717) is 23.6 Å². The molecular formula is C21H27NO3. The third-order valence-electron chi connectivity index (χ3n) is 3.97. The molecule has 25 heavy (non-hydrogen) atoms. The van der Waals surface area contributed by atoms with Gasteiger partial charge in [0.05, 0.1) is 17.9 Å². The van der Waals surface area contributed by atoms with Crippen LogP contribution in [0, 0.1) is 0 Å². The number of rotatable bonds is 10. The van der Waals surface area contributed by atoms with Crippen LogP contribution in [0.5, 0.6) is 5.75 Å². The minimum absolute atomic E-state index is 0.248. The molecule has 0 aliphatic carbocycles. The fraction of sp³-hybridized carbons (Fsp3) is 0.381. The highest BCUT2D eigenvalue weighted by Crippen LogP contribution is 2.24. The second-order valence-electron chi connectivity index (χ2n) is 6.08. The van der Waals surface area contributed by atoms with Crippen LogP contribution >= 0.6 is 0 Å². The smallest absolute Gasteiger partial charge is 0.338 e. The van der Waals surface area contributed by atoms with Crippen molar-refractivity contribution in [3.63, 3.8) is 0 Å². The standard InChI is InChI=1S/C21H27NO3/c1-2-3-4-5-9-14-24-20-15-18(12-13-19(20)22)21(23)25-16-17-10-7-6-8-11-17/h6-8,10-13,15H,2-5,9,14,16,22H2,1H3. The zero-order chi connectivity index (χ0) is 17.9. The number of hydrogen-bond donors (Lipinski definition) is 1. The summed E-state index contributed by atoms with van der Waals surface area (Å²) in [5.41, 5.74) is 7.88. The predicted molar refractivity (Wildman–Crippen MR) is 101 cm³/mol. The van der Waals surface area contributed by atoms with E-state index in [1.165, 1.54) is 19.3 Å². The minimum Gasteiger partial charge on any atom is -0.491 e. The number of nitrogens with two attached hydrogens (primary N) is 1. The molecule has 0 aliphatic heterocycles. The molecule has 4 nitrogen and oxygen atoms in total. The maximum absolute atomic E-state index is 12.2. The topological polar surface area (TPSA) is 61.5 Å². The lowest BCUT2D eigenvalue weighted by atomic mass is 10.1. The monoisotopic (exact) mass is 341 g/mol. The summed E-state index contributed by atoms with van der Waals surface area (Å²) in [5, 5.41) is 0. The molecule has 2 aromatic carbocycles. The van der Waals surface area contributed by atoms with Crippen LogP contribution in [-0.2, 0) is 11.3 Å². The molecule has 0 saturated carbocycles. The summed E-state index contributed by atoms with van der Waals surface area (Å²) in [6.07, 6.45) is 5.84. The van der Waals surface area contributed by atoms with Crippen molar-refractivity contribution in [1.29, 1.82) is 0 Å². The third kappa shape index (κ3) is 6.49. The fourth-order valence-electron chi connectivity index (χ4n) is 2.48. The second-order valence-corrected chi connectivity index (χ2v) is 6.08. The quantitative estimate of drug-likeness (QED) is 0.376. The lowest BCUT2D eigenvalue weighted by Crippen LogP contribution is -2.07. The zero-order valence-corrected chi connectivity index (χ0v) is 14.9. The molecule has 2 rings (SSSR count). The van der Waals surface area contributed by atoms with Crippen molar-refractivity contribution in [2.24, 2.45) is 0 Å². The van der Waals surface area contributed by atoms with Crippen molar-refractivity contribution in [3.8, 4) is 5.75 Å². The van der Waals surface area contributed by atoms with E-state index in [0.717, 1.165) is 18.4 Å². The van der Waals surface area contributed by atoms with Gasteiger partial charge in [-0.1, -0.05) is 62.9 Å². The molecule has 0 atom stereocenters. The Hall–Kier alpha value is -2.49. The SMILES string of the molecule is CCCCCCCOc1cc(C(=O)OCc2ccccc2)ccc1N. The van der Waals surface area contributed by atoms with Gasteiger partial charge < -0.3 is 15.2 Å². The van der Waals surface area contributed by atoms with Crippen LogP contribution < -0.4 is 10.5 Å². The number of anilines is 1. The normalized spacial score (nSPS) is 10.4. The molecule has 0 heterocycles. The van der Waals surface area contributed by atoms with E-state index in [9.17, 15) is 4.79 Å². The molecule has 0 amide bonds. The molecule has 0 unspecified atom stereocenters. The third-order valence-corrected chi connectivity index (χ3v) is 3.97. The van der Waals surface area contributed by atoms with Crippen molar-refractivity contribution in [1.82, 2.24) is 0 Å². The molecule has 0 aromatic heterocycles. The molecule has 4 heteroatoms. The molecule has 0 aliphatic rings. The van der Waals surface area contributed by atoms with Crippen LogP contribution in [0.4, 0.5) is 5.69 Å². The summed E-state index contributed by atoms with van der Waals surface area (Å²) < 4.78 is 11.1. The Morgan fingerprint density at radius 1 is 1.00 bits per heavy atom. The van der Waals surface area contributed by atoms with E-state index < -0.39 is 0 Å². The molecule has 134 valence electrons. The largest absolute Gasteiger partial charge is 0.491 e. The predicted octanol–water partition coefficient (Wildman–Crippen LogP) is 4.98. The summed E-state index contributed by atoms with van der Waals surface area (Å²) in [4.78, 5) is 12.2. The summed E-state index contributed by atoms with van der Waals surface area (Å²) in [5.74, 6) is 0.168. The molecule has 0 fully saturated rings. The van der Waals surface area contributed by atoms with Gasteiger partial charge in [-0.2, -0.15) is 0 Å². The highest BCUT2D eigenvalue weighted by Gasteiger charge is 2.11. The van der Waals surface area contributed by atoms with E-state index >= 15 is 0 Å². The van der Waals surface area contributed by atoms with Crippen molar-refractivity contribution >= 4 is 11.7 Å². The molecular weight excluding hydrogens is 314 g/mol. The maximum atomic E-state index is 12.2. The molecule has 0 radical (unpaired) electrons. The van der Waals surface area contributed by atoms with Crippen LogP contribution in [0.15, 0.2) is 48.5 Å². The van der Waals surface area contributed by atoms with E-state index in [1.807, 2.05) is 30.3 Å². The van der Waals surface area contributed by atoms with Gasteiger partial charge >= 0.3 is 5.97 Å². The average Bonchev–Trinajstić information content (AvgIpc) is 2.64. The summed E-state index contributed by atoms with van der Waals surface area (Å²) >= 11 is 0. The van der Waals surface area contributed by atoms with Crippen molar-refractivity contribution in [2.75, 3.05) is 12.3 Å². The Kier molecular flexibility index (Phi) is 7.83. The van der Waals surface area contributed by atoms with Gasteiger partial charge in [0.2, 0.25) is 0 Å². The van der Waals surface area contributed by atoms with Gasteiger partial charge in [-0.05, 0) is 30.2 Å². The Bertz CT molecular complexity index is 655. The van der Waals surface area contributed by atoms with Gasteiger partial charge in [0.15, 0.2) is 0 Å². The Labute approximate surface area is 150 Å². The van der Waals surface area contributed by atoms with E-state index in [2.05, 4.69) is 6.92 Å². The van der Waals surface area contributed by atoms with Crippen molar-refractivity contribution < 1.29 is 14.3 Å². The lowest BCUT2D eigenvalue weighted by molar-refractivity contribution is 0.0472. The van der Waals surface area contributed by atoms with Crippen LogP contribution in [-0.4, -0.2) is 12.6 Å². The highest BCUT2D eigenvalue weighted by molar-refractivity contribution is 5.90. The second kappa shape index (κ2) is 10.4. The van der Waals surface area contributed by atoms with E-state index in [1.54, 1.807) is 18.2 Å². The molecule has 0 spiro atoms. The molecule has 0 bridgehead atoms. The number of nitrogen functional groups attached to an aromatic ring is 1. The van der Waals surface area contributed by atoms with Gasteiger partial charge in [0.1, 0.15) is 12.4 Å². The van der Waals surface area contributed by atoms with Gasteiger partial charge in [-0.15, -0.1) is 0 Å². The zero-order valence-electron chi connectivity index (χ0n) is 14.9.